The SMILES string of the molecule is CCCNCc1ccnc(N2CCCC(C)C2)c1. The fourth-order valence-electron chi connectivity index (χ4n) is 2.55. The van der Waals surface area contributed by atoms with Crippen LogP contribution in [-0.2, 0) is 6.54 Å². The molecular formula is C15H25N3. The van der Waals surface area contributed by atoms with Crippen LogP contribution >= 0.6 is 0 Å². The summed E-state index contributed by atoms with van der Waals surface area (Å²) in [5.74, 6) is 1.94. The first kappa shape index (κ1) is 13.3. The molecule has 3 heteroatoms. The second-order valence-corrected chi connectivity index (χ2v) is 5.39. The molecule has 1 N–H and O–H groups in total. The summed E-state index contributed by atoms with van der Waals surface area (Å²) >= 11 is 0. The lowest BCUT2D eigenvalue weighted by molar-refractivity contribution is 0.444. The number of aromatic nitrogens is 1. The van der Waals surface area contributed by atoms with Crippen molar-refractivity contribution >= 4 is 5.82 Å². The number of rotatable bonds is 5. The van der Waals surface area contributed by atoms with Crippen LogP contribution in [-0.4, -0.2) is 24.6 Å². The molecule has 1 unspecified atom stereocenters. The fourth-order valence-corrected chi connectivity index (χ4v) is 2.55. The van der Waals surface area contributed by atoms with Crippen molar-refractivity contribution in [2.24, 2.45) is 5.92 Å². The highest BCUT2D eigenvalue weighted by atomic mass is 15.2. The summed E-state index contributed by atoms with van der Waals surface area (Å²) in [4.78, 5) is 6.95. The van der Waals surface area contributed by atoms with Crippen LogP contribution in [0.15, 0.2) is 18.3 Å². The van der Waals surface area contributed by atoms with Crippen molar-refractivity contribution in [3.63, 3.8) is 0 Å². The molecule has 0 bridgehead atoms. The van der Waals surface area contributed by atoms with Crippen LogP contribution in [0.25, 0.3) is 0 Å². The number of anilines is 1. The van der Waals surface area contributed by atoms with Crippen molar-refractivity contribution in [3.05, 3.63) is 23.9 Å². The summed E-state index contributed by atoms with van der Waals surface area (Å²) in [5, 5.41) is 3.44. The van der Waals surface area contributed by atoms with E-state index >= 15 is 0 Å². The molecule has 100 valence electrons. The standard InChI is InChI=1S/C15H25N3/c1-3-7-16-11-14-6-8-17-15(10-14)18-9-4-5-13(2)12-18/h6,8,10,13,16H,3-5,7,9,11-12H2,1-2H3. The zero-order valence-corrected chi connectivity index (χ0v) is 11.7. The molecule has 0 amide bonds. The molecule has 2 rings (SSSR count). The van der Waals surface area contributed by atoms with E-state index in [1.807, 2.05) is 6.20 Å². The van der Waals surface area contributed by atoms with Crippen molar-refractivity contribution < 1.29 is 0 Å². The Hall–Kier alpha value is -1.09. The van der Waals surface area contributed by atoms with Gasteiger partial charge in [-0.25, -0.2) is 4.98 Å². The highest BCUT2D eigenvalue weighted by Gasteiger charge is 2.17. The Morgan fingerprint density at radius 3 is 3.17 bits per heavy atom. The Labute approximate surface area is 111 Å². The Bertz CT molecular complexity index is 365. The van der Waals surface area contributed by atoms with Crippen LogP contribution in [0.3, 0.4) is 0 Å². The molecule has 0 aliphatic carbocycles. The number of pyridine rings is 1. The minimum absolute atomic E-state index is 0.794. The van der Waals surface area contributed by atoms with Gasteiger partial charge in [-0.3, -0.25) is 0 Å². The highest BCUT2D eigenvalue weighted by molar-refractivity contribution is 5.41. The van der Waals surface area contributed by atoms with E-state index in [2.05, 4.69) is 41.2 Å². The van der Waals surface area contributed by atoms with Crippen molar-refractivity contribution in [2.45, 2.75) is 39.7 Å². The average Bonchev–Trinajstić information content (AvgIpc) is 2.39. The maximum atomic E-state index is 4.52. The minimum atomic E-state index is 0.794. The third-order valence-electron chi connectivity index (χ3n) is 3.55. The number of piperidine rings is 1. The van der Waals surface area contributed by atoms with Gasteiger partial charge in [-0.1, -0.05) is 13.8 Å². The molecule has 1 fully saturated rings. The Balaban J connectivity index is 1.97. The summed E-state index contributed by atoms with van der Waals surface area (Å²) in [6, 6.07) is 4.35. The van der Waals surface area contributed by atoms with Crippen molar-refractivity contribution in [1.29, 1.82) is 0 Å². The van der Waals surface area contributed by atoms with E-state index < -0.39 is 0 Å². The minimum Gasteiger partial charge on any atom is -0.356 e. The Morgan fingerprint density at radius 1 is 1.50 bits per heavy atom. The van der Waals surface area contributed by atoms with Gasteiger partial charge in [0.2, 0.25) is 0 Å². The summed E-state index contributed by atoms with van der Waals surface area (Å²) in [5.41, 5.74) is 1.34. The molecule has 0 aromatic carbocycles. The third-order valence-corrected chi connectivity index (χ3v) is 3.55. The second kappa shape index (κ2) is 6.74. The van der Waals surface area contributed by atoms with Crippen LogP contribution in [0.1, 0.15) is 38.7 Å². The molecule has 1 aromatic rings. The lowest BCUT2D eigenvalue weighted by atomic mass is 10.0. The first-order valence-electron chi connectivity index (χ1n) is 7.20. The van der Waals surface area contributed by atoms with E-state index in [-0.39, 0.29) is 0 Å². The van der Waals surface area contributed by atoms with Crippen molar-refractivity contribution in [1.82, 2.24) is 10.3 Å². The molecule has 1 aliphatic rings. The maximum absolute atomic E-state index is 4.52. The number of nitrogens with zero attached hydrogens (tertiary/aromatic N) is 2. The summed E-state index contributed by atoms with van der Waals surface area (Å²) in [6.07, 6.45) is 5.77. The monoisotopic (exact) mass is 247 g/mol. The van der Waals surface area contributed by atoms with Gasteiger partial charge >= 0.3 is 0 Å². The third kappa shape index (κ3) is 3.70. The van der Waals surface area contributed by atoms with Gasteiger partial charge < -0.3 is 10.2 Å². The smallest absolute Gasteiger partial charge is 0.128 e. The van der Waals surface area contributed by atoms with E-state index in [0.29, 0.717) is 0 Å². The normalized spacial score (nSPS) is 20.1. The molecule has 0 saturated carbocycles. The number of hydrogen-bond acceptors (Lipinski definition) is 3. The summed E-state index contributed by atoms with van der Waals surface area (Å²) in [7, 11) is 0. The van der Waals surface area contributed by atoms with Gasteiger partial charge in [-0.05, 0) is 49.4 Å². The predicted octanol–water partition coefficient (Wildman–Crippen LogP) is 2.82. The van der Waals surface area contributed by atoms with Crippen molar-refractivity contribution in [3.8, 4) is 0 Å². The fraction of sp³-hybridized carbons (Fsp3) is 0.667. The molecule has 1 aromatic heterocycles. The maximum Gasteiger partial charge on any atom is 0.128 e. The second-order valence-electron chi connectivity index (χ2n) is 5.39. The van der Waals surface area contributed by atoms with Gasteiger partial charge in [0.05, 0.1) is 0 Å². The van der Waals surface area contributed by atoms with E-state index in [4.69, 9.17) is 0 Å². The van der Waals surface area contributed by atoms with Crippen LogP contribution in [0.2, 0.25) is 0 Å². The lowest BCUT2D eigenvalue weighted by Gasteiger charge is -2.32. The molecular weight excluding hydrogens is 222 g/mol. The molecule has 0 radical (unpaired) electrons. The first-order chi connectivity index (χ1) is 8.79. The molecule has 0 spiro atoms. The molecule has 3 nitrogen and oxygen atoms in total. The largest absolute Gasteiger partial charge is 0.356 e. The Kier molecular flexibility index (Phi) is 5.00. The van der Waals surface area contributed by atoms with E-state index in [9.17, 15) is 0 Å². The van der Waals surface area contributed by atoms with E-state index in [1.165, 1.54) is 24.8 Å². The van der Waals surface area contributed by atoms with Gasteiger partial charge in [0.1, 0.15) is 5.82 Å². The molecule has 1 atom stereocenters. The summed E-state index contributed by atoms with van der Waals surface area (Å²) in [6.45, 7) is 8.87. The highest BCUT2D eigenvalue weighted by Crippen LogP contribution is 2.21. The first-order valence-corrected chi connectivity index (χ1v) is 7.20. The van der Waals surface area contributed by atoms with Crippen LogP contribution in [0.4, 0.5) is 5.82 Å². The zero-order valence-electron chi connectivity index (χ0n) is 11.7. The molecule has 1 saturated heterocycles. The lowest BCUT2D eigenvalue weighted by Crippen LogP contribution is -2.34. The number of nitrogens with one attached hydrogen (secondary N) is 1. The quantitative estimate of drug-likeness (QED) is 0.811. The van der Waals surface area contributed by atoms with Crippen LogP contribution in [0, 0.1) is 5.92 Å². The summed E-state index contributed by atoms with van der Waals surface area (Å²) < 4.78 is 0. The van der Waals surface area contributed by atoms with Gasteiger partial charge in [0.25, 0.3) is 0 Å². The van der Waals surface area contributed by atoms with E-state index in [1.54, 1.807) is 0 Å². The van der Waals surface area contributed by atoms with Gasteiger partial charge in [0.15, 0.2) is 0 Å². The molecule has 1 aliphatic heterocycles. The molecule has 2 heterocycles. The van der Waals surface area contributed by atoms with Crippen molar-refractivity contribution in [2.75, 3.05) is 24.5 Å². The van der Waals surface area contributed by atoms with Gasteiger partial charge in [0, 0.05) is 25.8 Å². The predicted molar refractivity (Wildman–Crippen MR) is 76.8 cm³/mol. The molecule has 18 heavy (non-hydrogen) atoms. The van der Waals surface area contributed by atoms with Crippen LogP contribution in [0.5, 0.6) is 0 Å². The Morgan fingerprint density at radius 2 is 2.39 bits per heavy atom. The van der Waals surface area contributed by atoms with E-state index in [0.717, 1.165) is 37.9 Å². The van der Waals surface area contributed by atoms with Gasteiger partial charge in [-0.15, -0.1) is 0 Å². The zero-order chi connectivity index (χ0) is 12.8. The topological polar surface area (TPSA) is 28.2 Å². The van der Waals surface area contributed by atoms with Crippen LogP contribution < -0.4 is 10.2 Å². The number of hydrogen-bond donors (Lipinski definition) is 1. The van der Waals surface area contributed by atoms with Gasteiger partial charge in [-0.2, -0.15) is 0 Å². The average molecular weight is 247 g/mol.